The van der Waals surface area contributed by atoms with E-state index < -0.39 is 14.4 Å². The molecule has 5 heteroatoms. The summed E-state index contributed by atoms with van der Waals surface area (Å²) in [7, 11) is -1.84. The van der Waals surface area contributed by atoms with Crippen molar-refractivity contribution in [3.8, 4) is 0 Å². The Bertz CT molecular complexity index is 322. The zero-order chi connectivity index (χ0) is 14.8. The van der Waals surface area contributed by atoms with Gasteiger partial charge in [-0.15, -0.1) is 0 Å². The van der Waals surface area contributed by atoms with Gasteiger partial charge in [-0.1, -0.05) is 20.8 Å². The maximum atomic E-state index is 11.0. The lowest BCUT2D eigenvalue weighted by molar-refractivity contribution is -0.151. The number of carbonyl (C=O) groups is 1. The molecule has 3 atom stereocenters. The molecule has 0 unspecified atom stereocenters. The summed E-state index contributed by atoms with van der Waals surface area (Å²) < 4.78 is 11.5. The molecule has 0 aliphatic heterocycles. The number of rotatable bonds is 3. The van der Waals surface area contributed by atoms with Crippen LogP contribution in [0, 0.1) is 0 Å². The van der Waals surface area contributed by atoms with Crippen molar-refractivity contribution in [1.29, 1.82) is 0 Å². The van der Waals surface area contributed by atoms with Gasteiger partial charge in [0.15, 0.2) is 8.32 Å². The van der Waals surface area contributed by atoms with E-state index >= 15 is 0 Å². The third-order valence-electron chi connectivity index (χ3n) is 4.20. The van der Waals surface area contributed by atoms with Gasteiger partial charge < -0.3 is 14.3 Å². The highest BCUT2D eigenvalue weighted by atomic mass is 28.4. The van der Waals surface area contributed by atoms with Crippen molar-refractivity contribution in [2.75, 3.05) is 0 Å². The zero-order valence-electron chi connectivity index (χ0n) is 13.0. The summed E-state index contributed by atoms with van der Waals surface area (Å²) in [5, 5.41) is 10.1. The van der Waals surface area contributed by atoms with Crippen molar-refractivity contribution in [2.24, 2.45) is 0 Å². The van der Waals surface area contributed by atoms with Crippen LogP contribution in [0.1, 0.15) is 47.0 Å². The van der Waals surface area contributed by atoms with Gasteiger partial charge in [-0.05, 0) is 24.6 Å². The highest BCUT2D eigenvalue weighted by Gasteiger charge is 2.41. The molecule has 112 valence electrons. The topological polar surface area (TPSA) is 55.8 Å². The summed E-state index contributed by atoms with van der Waals surface area (Å²) in [5.41, 5.74) is 0. The van der Waals surface area contributed by atoms with Crippen molar-refractivity contribution < 1.29 is 19.1 Å². The third kappa shape index (κ3) is 4.89. The quantitative estimate of drug-likeness (QED) is 0.641. The summed E-state index contributed by atoms with van der Waals surface area (Å²) in [4.78, 5) is 11.0. The second-order valence-electron chi connectivity index (χ2n) is 7.09. The molecule has 4 nitrogen and oxygen atoms in total. The van der Waals surface area contributed by atoms with Gasteiger partial charge in [0.25, 0.3) is 0 Å². The Labute approximate surface area is 117 Å². The van der Waals surface area contributed by atoms with Crippen LogP contribution in [0.25, 0.3) is 0 Å². The van der Waals surface area contributed by atoms with Gasteiger partial charge in [-0.3, -0.25) is 4.79 Å². The molecular formula is C14H28O4Si. The number of aliphatic hydroxyl groups excluding tert-OH is 1. The van der Waals surface area contributed by atoms with E-state index in [9.17, 15) is 9.90 Å². The molecule has 1 rings (SSSR count). The lowest BCUT2D eigenvalue weighted by Gasteiger charge is -2.42. The molecule has 0 saturated heterocycles. The summed E-state index contributed by atoms with van der Waals surface area (Å²) in [5.74, 6) is -0.287. The van der Waals surface area contributed by atoms with Crippen LogP contribution in [-0.4, -0.2) is 37.7 Å². The highest BCUT2D eigenvalue weighted by molar-refractivity contribution is 6.74. The minimum atomic E-state index is -1.84. The van der Waals surface area contributed by atoms with E-state index in [4.69, 9.17) is 9.16 Å². The van der Waals surface area contributed by atoms with E-state index in [0.29, 0.717) is 19.3 Å². The van der Waals surface area contributed by atoms with E-state index in [2.05, 4.69) is 33.9 Å². The lowest BCUT2D eigenvalue weighted by Crippen LogP contribution is -2.47. The minimum absolute atomic E-state index is 0.00556. The molecule has 19 heavy (non-hydrogen) atoms. The molecule has 0 heterocycles. The molecule has 0 radical (unpaired) electrons. The fourth-order valence-corrected chi connectivity index (χ4v) is 3.59. The number of hydrogen-bond donors (Lipinski definition) is 1. The van der Waals surface area contributed by atoms with Crippen LogP contribution in [-0.2, 0) is 14.0 Å². The predicted molar refractivity (Wildman–Crippen MR) is 77.5 cm³/mol. The molecular weight excluding hydrogens is 260 g/mol. The molecule has 1 N–H and O–H groups in total. The van der Waals surface area contributed by atoms with Gasteiger partial charge in [-0.25, -0.2) is 0 Å². The van der Waals surface area contributed by atoms with Crippen molar-refractivity contribution in [3.05, 3.63) is 0 Å². The molecule has 1 aliphatic carbocycles. The minimum Gasteiger partial charge on any atom is -0.462 e. The Kier molecular flexibility index (Phi) is 5.20. The SMILES string of the molecule is CC(=O)O[C@@H]1C[C@H](O)C[C@H](O[Si](C)(C)C(C)(C)C)C1. The second kappa shape index (κ2) is 5.93. The molecule has 1 saturated carbocycles. The molecule has 0 bridgehead atoms. The fraction of sp³-hybridized carbons (Fsp3) is 0.929. The molecule has 1 fully saturated rings. The molecule has 0 aromatic heterocycles. The van der Waals surface area contributed by atoms with Gasteiger partial charge in [0.1, 0.15) is 6.10 Å². The van der Waals surface area contributed by atoms with Crippen molar-refractivity contribution in [3.63, 3.8) is 0 Å². The van der Waals surface area contributed by atoms with Crippen LogP contribution in [0.4, 0.5) is 0 Å². The monoisotopic (exact) mass is 288 g/mol. The molecule has 0 amide bonds. The number of carbonyl (C=O) groups excluding carboxylic acids is 1. The maximum absolute atomic E-state index is 11.0. The summed E-state index contributed by atoms with van der Waals surface area (Å²) in [6.07, 6.45) is 1.21. The first kappa shape index (κ1) is 16.7. The standard InChI is InChI=1S/C14H28O4Si/c1-10(15)17-12-7-11(16)8-13(9-12)18-19(5,6)14(2,3)4/h11-13,16H,7-9H2,1-6H3/t11-,12+,13-/m0/s1. The average molecular weight is 288 g/mol. The number of ether oxygens (including phenoxy) is 1. The smallest absolute Gasteiger partial charge is 0.302 e. The van der Waals surface area contributed by atoms with Crippen molar-refractivity contribution in [1.82, 2.24) is 0 Å². The van der Waals surface area contributed by atoms with Gasteiger partial charge in [0, 0.05) is 19.8 Å². The fourth-order valence-electron chi connectivity index (χ4n) is 2.21. The van der Waals surface area contributed by atoms with Gasteiger partial charge in [0.2, 0.25) is 0 Å². The lowest BCUT2D eigenvalue weighted by atomic mass is 9.92. The number of aliphatic hydroxyl groups is 1. The Morgan fingerprint density at radius 1 is 1.16 bits per heavy atom. The van der Waals surface area contributed by atoms with Crippen molar-refractivity contribution in [2.45, 2.75) is 83.4 Å². The second-order valence-corrected chi connectivity index (χ2v) is 11.8. The maximum Gasteiger partial charge on any atom is 0.302 e. The van der Waals surface area contributed by atoms with Crippen LogP contribution in [0.15, 0.2) is 0 Å². The predicted octanol–water partition coefficient (Wildman–Crippen LogP) is 2.85. The first-order valence-corrected chi connectivity index (χ1v) is 9.95. The number of esters is 1. The normalized spacial score (nSPS) is 29.1. The Morgan fingerprint density at radius 3 is 2.16 bits per heavy atom. The third-order valence-corrected chi connectivity index (χ3v) is 8.73. The van der Waals surface area contributed by atoms with Crippen LogP contribution < -0.4 is 0 Å². The van der Waals surface area contributed by atoms with E-state index in [1.807, 2.05) is 0 Å². The molecule has 0 spiro atoms. The van der Waals surface area contributed by atoms with Crippen LogP contribution in [0.5, 0.6) is 0 Å². The molecule has 1 aliphatic rings. The Balaban J connectivity index is 2.65. The van der Waals surface area contributed by atoms with Crippen LogP contribution in [0.2, 0.25) is 18.1 Å². The Morgan fingerprint density at radius 2 is 1.68 bits per heavy atom. The summed E-state index contributed by atoms with van der Waals surface area (Å²) in [6.45, 7) is 12.4. The Hall–Kier alpha value is -0.393. The van der Waals surface area contributed by atoms with Crippen LogP contribution in [0.3, 0.4) is 0 Å². The van der Waals surface area contributed by atoms with Crippen LogP contribution >= 0.6 is 0 Å². The zero-order valence-corrected chi connectivity index (χ0v) is 14.0. The first-order chi connectivity index (χ1) is 8.51. The highest BCUT2D eigenvalue weighted by Crippen LogP contribution is 2.39. The van der Waals surface area contributed by atoms with Gasteiger partial charge in [-0.2, -0.15) is 0 Å². The van der Waals surface area contributed by atoms with E-state index in [-0.39, 0.29) is 23.2 Å². The molecule has 0 aromatic carbocycles. The largest absolute Gasteiger partial charge is 0.462 e. The van der Waals surface area contributed by atoms with Crippen molar-refractivity contribution >= 4 is 14.3 Å². The molecule has 0 aromatic rings. The average Bonchev–Trinajstić information content (AvgIpc) is 2.11. The van der Waals surface area contributed by atoms with E-state index in [0.717, 1.165) is 0 Å². The van der Waals surface area contributed by atoms with E-state index in [1.165, 1.54) is 6.92 Å². The van der Waals surface area contributed by atoms with E-state index in [1.54, 1.807) is 0 Å². The number of hydrogen-bond acceptors (Lipinski definition) is 4. The van der Waals surface area contributed by atoms with Gasteiger partial charge >= 0.3 is 5.97 Å². The first-order valence-electron chi connectivity index (χ1n) is 7.04. The summed E-state index contributed by atoms with van der Waals surface area (Å²) >= 11 is 0. The van der Waals surface area contributed by atoms with Gasteiger partial charge in [0.05, 0.1) is 12.2 Å². The summed E-state index contributed by atoms with van der Waals surface area (Å²) in [6, 6.07) is 0.